The summed E-state index contributed by atoms with van der Waals surface area (Å²) in [6.45, 7) is -0.109. The van der Waals surface area contributed by atoms with Crippen LogP contribution in [0.3, 0.4) is 0 Å². The maximum Gasteiger partial charge on any atom is 0.256 e. The van der Waals surface area contributed by atoms with E-state index in [-0.39, 0.29) is 18.3 Å². The van der Waals surface area contributed by atoms with E-state index in [1.54, 1.807) is 38.5 Å². The molecule has 4 atom stereocenters. The van der Waals surface area contributed by atoms with E-state index in [1.165, 1.54) is 17.2 Å². The third kappa shape index (κ3) is 6.05. The first-order valence-electron chi connectivity index (χ1n) is 16.0. The van der Waals surface area contributed by atoms with Gasteiger partial charge in [0, 0.05) is 5.56 Å². The number of benzene rings is 4. The molecule has 1 aliphatic heterocycles. The third-order valence-electron chi connectivity index (χ3n) is 8.88. The number of ether oxygens (including phenoxy) is 4. The van der Waals surface area contributed by atoms with Crippen LogP contribution in [0.2, 0.25) is 0 Å². The fourth-order valence-corrected chi connectivity index (χ4v) is 6.28. The second-order valence-electron chi connectivity index (χ2n) is 11.7. The Labute approximate surface area is 287 Å². The molecule has 4 aromatic carbocycles. The van der Waals surface area contributed by atoms with Crippen molar-refractivity contribution in [2.75, 3.05) is 26.1 Å². The van der Waals surface area contributed by atoms with Gasteiger partial charge in [-0.25, -0.2) is 15.0 Å². The Hall–Kier alpha value is -5.66. The molecule has 6 aromatic rings. The van der Waals surface area contributed by atoms with Crippen molar-refractivity contribution >= 4 is 22.9 Å². The van der Waals surface area contributed by atoms with Crippen LogP contribution in [0.1, 0.15) is 33.3 Å². The van der Waals surface area contributed by atoms with Crippen LogP contribution < -0.4 is 14.8 Å². The average molecular weight is 674 g/mol. The molecule has 0 spiro atoms. The highest BCUT2D eigenvalue weighted by Crippen LogP contribution is 2.43. The molecule has 7 rings (SSSR count). The van der Waals surface area contributed by atoms with Crippen molar-refractivity contribution in [1.29, 1.82) is 0 Å². The predicted octanol–water partition coefficient (Wildman–Crippen LogP) is 4.72. The van der Waals surface area contributed by atoms with Crippen LogP contribution in [0, 0.1) is 0 Å². The number of nitrogens with one attached hydrogen (secondary N) is 1. The number of fused-ring (bicyclic) bond motifs is 1. The fourth-order valence-electron chi connectivity index (χ4n) is 6.28. The first-order valence-corrected chi connectivity index (χ1v) is 16.0. The molecule has 254 valence electrons. The minimum atomic E-state index is -1.36. The topological polar surface area (TPSA) is 150 Å². The highest BCUT2D eigenvalue weighted by atomic mass is 16.6. The van der Waals surface area contributed by atoms with Gasteiger partial charge in [-0.15, -0.1) is 0 Å². The number of hydrogen-bond donors (Lipinski definition) is 3. The van der Waals surface area contributed by atoms with E-state index in [9.17, 15) is 15.0 Å². The summed E-state index contributed by atoms with van der Waals surface area (Å²) in [6, 6.07) is 33.7. The van der Waals surface area contributed by atoms with Crippen molar-refractivity contribution in [3.63, 3.8) is 0 Å². The van der Waals surface area contributed by atoms with E-state index in [0.29, 0.717) is 28.2 Å². The predicted molar refractivity (Wildman–Crippen MR) is 184 cm³/mol. The number of imidazole rings is 1. The standard InChI is InChI=1S/C38H35N5O7/c1-47-28-17-13-26(14-18-28)38(25-11-7-4-8-12-25,27-15-19-29(48-2)20-16-27)49-21-30-32(44)33(45)37(50-30)43-23-41-31-34(39-22-40-35(31)43)42-36(46)24-9-5-3-6-10-24/h3-20,22-23,30,32-33,37,44-45H,21H2,1-2H3,(H,39,40,42,46)/t30-,32-,33-,37-/m0/s1. The Morgan fingerprint density at radius 3 is 1.96 bits per heavy atom. The Morgan fingerprint density at radius 2 is 1.36 bits per heavy atom. The van der Waals surface area contributed by atoms with Crippen LogP contribution in [0.25, 0.3) is 11.2 Å². The van der Waals surface area contributed by atoms with Gasteiger partial charge >= 0.3 is 0 Å². The van der Waals surface area contributed by atoms with Crippen molar-refractivity contribution in [2.24, 2.45) is 0 Å². The summed E-state index contributed by atoms with van der Waals surface area (Å²) in [7, 11) is 3.22. The van der Waals surface area contributed by atoms with Gasteiger partial charge in [0.2, 0.25) is 0 Å². The largest absolute Gasteiger partial charge is 0.497 e. The van der Waals surface area contributed by atoms with E-state index in [2.05, 4.69) is 20.3 Å². The van der Waals surface area contributed by atoms with Crippen molar-refractivity contribution in [3.8, 4) is 11.5 Å². The van der Waals surface area contributed by atoms with Crippen molar-refractivity contribution in [3.05, 3.63) is 144 Å². The molecule has 2 aromatic heterocycles. The minimum absolute atomic E-state index is 0.109. The van der Waals surface area contributed by atoms with Gasteiger partial charge in [0.05, 0.1) is 27.2 Å². The highest BCUT2D eigenvalue weighted by Gasteiger charge is 2.47. The van der Waals surface area contributed by atoms with Gasteiger partial charge < -0.3 is 34.5 Å². The summed E-state index contributed by atoms with van der Waals surface area (Å²) in [5.41, 5.74) is 2.34. The molecule has 0 aliphatic carbocycles. The number of aliphatic hydroxyl groups is 2. The molecule has 50 heavy (non-hydrogen) atoms. The molecule has 3 N–H and O–H groups in total. The molecule has 0 radical (unpaired) electrons. The smallest absolute Gasteiger partial charge is 0.256 e. The van der Waals surface area contributed by atoms with E-state index >= 15 is 0 Å². The normalized spacial score (nSPS) is 19.0. The molecule has 1 fully saturated rings. The van der Waals surface area contributed by atoms with Gasteiger partial charge in [-0.05, 0) is 53.1 Å². The summed E-state index contributed by atoms with van der Waals surface area (Å²) in [4.78, 5) is 25.9. The third-order valence-corrected chi connectivity index (χ3v) is 8.88. The van der Waals surface area contributed by atoms with Gasteiger partial charge in [0.1, 0.15) is 41.7 Å². The van der Waals surface area contributed by atoms with Crippen molar-refractivity contribution in [2.45, 2.75) is 30.1 Å². The molecule has 0 saturated carbocycles. The Kier molecular flexibility index (Phi) is 9.24. The SMILES string of the molecule is COc1ccc(C(OC[C@@H]2O[C@H](n3cnc4c(NC(=O)c5ccccc5)ncnc43)[C@@H](O)[C@H]2O)(c2ccccc2)c2ccc(OC)cc2)cc1. The number of nitrogens with zero attached hydrogens (tertiary/aromatic N) is 4. The second-order valence-corrected chi connectivity index (χ2v) is 11.7. The fraction of sp³-hybridized carbons (Fsp3) is 0.211. The van der Waals surface area contributed by atoms with Crippen LogP contribution in [-0.2, 0) is 15.1 Å². The molecule has 12 heteroatoms. The first-order chi connectivity index (χ1) is 24.4. The zero-order chi connectivity index (χ0) is 34.7. The van der Waals surface area contributed by atoms with Crippen LogP contribution in [-0.4, -0.2) is 74.8 Å². The summed E-state index contributed by atoms with van der Waals surface area (Å²) in [5.74, 6) is 1.21. The lowest BCUT2D eigenvalue weighted by Gasteiger charge is -2.37. The summed E-state index contributed by atoms with van der Waals surface area (Å²) in [6.07, 6.45) is -1.97. The molecule has 0 bridgehead atoms. The van der Waals surface area contributed by atoms with Crippen LogP contribution in [0.4, 0.5) is 5.82 Å². The van der Waals surface area contributed by atoms with Crippen LogP contribution in [0.5, 0.6) is 11.5 Å². The lowest BCUT2D eigenvalue weighted by atomic mass is 9.80. The number of methoxy groups -OCH3 is 2. The van der Waals surface area contributed by atoms with Gasteiger partial charge in [-0.2, -0.15) is 0 Å². The molecule has 1 amide bonds. The monoisotopic (exact) mass is 673 g/mol. The maximum absolute atomic E-state index is 12.9. The van der Waals surface area contributed by atoms with Gasteiger partial charge in [-0.1, -0.05) is 72.8 Å². The van der Waals surface area contributed by atoms with Gasteiger partial charge in [0.25, 0.3) is 5.91 Å². The Morgan fingerprint density at radius 1 is 0.780 bits per heavy atom. The molecule has 1 saturated heterocycles. The number of carbonyl (C=O) groups is 1. The summed E-state index contributed by atoms with van der Waals surface area (Å²) < 4.78 is 25.6. The van der Waals surface area contributed by atoms with E-state index in [4.69, 9.17) is 18.9 Å². The van der Waals surface area contributed by atoms with E-state index < -0.39 is 30.1 Å². The number of amides is 1. The lowest BCUT2D eigenvalue weighted by molar-refractivity contribution is -0.0942. The van der Waals surface area contributed by atoms with Gasteiger partial charge in [0.15, 0.2) is 23.2 Å². The molecule has 3 heterocycles. The molecular weight excluding hydrogens is 638 g/mol. The zero-order valence-corrected chi connectivity index (χ0v) is 27.3. The number of hydrogen-bond acceptors (Lipinski definition) is 10. The lowest BCUT2D eigenvalue weighted by Crippen LogP contribution is -2.39. The number of anilines is 1. The molecule has 0 unspecified atom stereocenters. The van der Waals surface area contributed by atoms with Crippen molar-refractivity contribution < 1.29 is 34.0 Å². The Bertz CT molecular complexity index is 2010. The van der Waals surface area contributed by atoms with E-state index in [1.807, 2.05) is 84.9 Å². The maximum atomic E-state index is 12.9. The Balaban J connectivity index is 1.20. The summed E-state index contributed by atoms with van der Waals surface area (Å²) >= 11 is 0. The minimum Gasteiger partial charge on any atom is -0.497 e. The molecular formula is C38H35N5O7. The highest BCUT2D eigenvalue weighted by molar-refractivity contribution is 6.06. The van der Waals surface area contributed by atoms with E-state index in [0.717, 1.165) is 16.7 Å². The number of rotatable bonds is 11. The second kappa shape index (κ2) is 14.1. The number of aromatic nitrogens is 4. The van der Waals surface area contributed by atoms with Crippen molar-refractivity contribution in [1.82, 2.24) is 19.5 Å². The summed E-state index contributed by atoms with van der Waals surface area (Å²) in [5, 5.41) is 25.4. The first kappa shape index (κ1) is 32.9. The number of aliphatic hydroxyl groups excluding tert-OH is 2. The van der Waals surface area contributed by atoms with Crippen LogP contribution >= 0.6 is 0 Å². The molecule has 1 aliphatic rings. The zero-order valence-electron chi connectivity index (χ0n) is 27.3. The number of carbonyl (C=O) groups excluding carboxylic acids is 1. The van der Waals surface area contributed by atoms with Crippen LogP contribution in [0.15, 0.2) is 122 Å². The average Bonchev–Trinajstić information content (AvgIpc) is 3.73. The van der Waals surface area contributed by atoms with Gasteiger partial charge in [-0.3, -0.25) is 9.36 Å². The molecule has 12 nitrogen and oxygen atoms in total. The quantitative estimate of drug-likeness (QED) is 0.165.